The molecule has 1 heterocycles. The molecule has 196 valence electrons. The predicted octanol–water partition coefficient (Wildman–Crippen LogP) is 9.07. The van der Waals surface area contributed by atoms with Crippen LogP contribution in [0.2, 0.25) is 0 Å². The first-order valence-electron chi connectivity index (χ1n) is 13.0. The maximum absolute atomic E-state index is 11.8. The van der Waals surface area contributed by atoms with E-state index in [1.54, 1.807) is 18.2 Å². The van der Waals surface area contributed by atoms with Crippen LogP contribution >= 0.6 is 8.58 Å². The average Bonchev–Trinajstić information content (AvgIpc) is 2.90. The smallest absolute Gasteiger partial charge is 0.337 e. The summed E-state index contributed by atoms with van der Waals surface area (Å²) in [6.45, 7) is 10.6. The molecule has 0 bridgehead atoms. The van der Waals surface area contributed by atoms with E-state index >= 15 is 0 Å². The van der Waals surface area contributed by atoms with Gasteiger partial charge in [0.05, 0.1) is 11.6 Å². The molecule has 0 spiro atoms. The first kappa shape index (κ1) is 27.4. The summed E-state index contributed by atoms with van der Waals surface area (Å²) < 4.78 is 6.73. The summed E-state index contributed by atoms with van der Waals surface area (Å²) in [5.41, 5.74) is 8.51. The molecule has 5 heteroatoms. The number of aryl methyl sites for hydroxylation is 1. The number of benzene rings is 3. The molecular formula is C33H35NO3P-. The number of allylic oxidation sites excluding steroid dienone is 4. The van der Waals surface area contributed by atoms with Crippen molar-refractivity contribution in [3.8, 4) is 5.75 Å². The Morgan fingerprint density at radius 3 is 2.53 bits per heavy atom. The van der Waals surface area contributed by atoms with E-state index in [1.165, 1.54) is 19.7 Å². The van der Waals surface area contributed by atoms with Gasteiger partial charge in [0.1, 0.15) is 11.5 Å². The van der Waals surface area contributed by atoms with E-state index in [2.05, 4.69) is 87.4 Å². The molecule has 1 unspecified atom stereocenters. The van der Waals surface area contributed by atoms with Gasteiger partial charge in [0.25, 0.3) is 0 Å². The van der Waals surface area contributed by atoms with Crippen LogP contribution in [-0.2, 0) is 0 Å². The topological polar surface area (TPSA) is 58.6 Å². The zero-order chi connectivity index (χ0) is 27.2. The lowest BCUT2D eigenvalue weighted by molar-refractivity contribution is 0.0698. The number of para-hydroxylation sites is 1. The van der Waals surface area contributed by atoms with E-state index in [0.717, 1.165) is 51.9 Å². The van der Waals surface area contributed by atoms with E-state index in [1.807, 2.05) is 13.0 Å². The van der Waals surface area contributed by atoms with Crippen LogP contribution in [0.15, 0.2) is 78.4 Å². The summed E-state index contributed by atoms with van der Waals surface area (Å²) in [5, 5.41) is 13.1. The molecule has 4 rings (SSSR count). The Bertz CT molecular complexity index is 1420. The van der Waals surface area contributed by atoms with Crippen LogP contribution in [0.25, 0.3) is 17.4 Å². The quantitative estimate of drug-likeness (QED) is 0.274. The number of nitrogens with one attached hydrogen (secondary N) is 1. The first-order valence-corrected chi connectivity index (χ1v) is 14.5. The van der Waals surface area contributed by atoms with Crippen molar-refractivity contribution in [2.75, 3.05) is 18.1 Å². The van der Waals surface area contributed by atoms with Gasteiger partial charge in [-0.2, -0.15) is 12.8 Å². The van der Waals surface area contributed by atoms with Crippen molar-refractivity contribution in [1.82, 2.24) is 0 Å². The third-order valence-electron chi connectivity index (χ3n) is 6.68. The highest BCUT2D eigenvalue weighted by molar-refractivity contribution is 7.37. The summed E-state index contributed by atoms with van der Waals surface area (Å²) >= 11 is 0. The van der Waals surface area contributed by atoms with Crippen molar-refractivity contribution in [3.05, 3.63) is 112 Å². The third kappa shape index (κ3) is 5.92. The number of carboxylic acid groups (broad SMARTS) is 1. The maximum atomic E-state index is 11.8. The van der Waals surface area contributed by atoms with Crippen LogP contribution in [-0.4, -0.2) is 23.9 Å². The molecule has 4 nitrogen and oxygen atoms in total. The second-order valence-corrected chi connectivity index (χ2v) is 10.6. The van der Waals surface area contributed by atoms with Gasteiger partial charge >= 0.3 is 5.97 Å². The molecule has 38 heavy (non-hydrogen) atoms. The third-order valence-corrected chi connectivity index (χ3v) is 7.25. The Balaban J connectivity index is 1.76. The zero-order valence-corrected chi connectivity index (χ0v) is 23.6. The Morgan fingerprint density at radius 2 is 1.84 bits per heavy atom. The second kappa shape index (κ2) is 12.3. The molecular weight excluding hydrogens is 489 g/mol. The predicted molar refractivity (Wildman–Crippen MR) is 161 cm³/mol. The zero-order valence-electron chi connectivity index (χ0n) is 22.7. The van der Waals surface area contributed by atoms with Crippen LogP contribution in [0.1, 0.15) is 71.4 Å². The number of carboxylic acids is 1. The maximum Gasteiger partial charge on any atom is 0.337 e. The molecule has 3 aromatic rings. The molecule has 0 radical (unpaired) electrons. The molecule has 1 aliphatic rings. The van der Waals surface area contributed by atoms with Gasteiger partial charge in [-0.25, -0.2) is 4.79 Å². The van der Waals surface area contributed by atoms with Gasteiger partial charge in [-0.15, -0.1) is 6.08 Å². The molecule has 0 aliphatic carbocycles. The Labute approximate surface area is 227 Å². The van der Waals surface area contributed by atoms with Crippen molar-refractivity contribution in [1.29, 1.82) is 0 Å². The van der Waals surface area contributed by atoms with Crippen molar-refractivity contribution in [2.24, 2.45) is 0 Å². The van der Waals surface area contributed by atoms with Crippen LogP contribution in [0, 0.1) is 6.92 Å². The van der Waals surface area contributed by atoms with E-state index in [-0.39, 0.29) is 11.6 Å². The van der Waals surface area contributed by atoms with Gasteiger partial charge in [-0.3, -0.25) is 0 Å². The lowest BCUT2D eigenvalue weighted by Gasteiger charge is -2.29. The summed E-state index contributed by atoms with van der Waals surface area (Å²) in [7, 11) is 1.36. The number of hydrogen-bond acceptors (Lipinski definition) is 3. The fraction of sp³-hybridized carbons (Fsp3) is 0.242. The van der Waals surface area contributed by atoms with Gasteiger partial charge in [-0.05, 0) is 67.7 Å². The summed E-state index contributed by atoms with van der Waals surface area (Å²) in [4.78, 5) is 11.8. The monoisotopic (exact) mass is 524 g/mol. The summed E-state index contributed by atoms with van der Waals surface area (Å²) in [6, 6.07) is 19.6. The molecule has 0 amide bonds. The second-order valence-electron chi connectivity index (χ2n) is 9.55. The normalized spacial score (nSPS) is 15.2. The van der Waals surface area contributed by atoms with Crippen LogP contribution in [0.3, 0.4) is 0 Å². The molecule has 1 aliphatic heterocycles. The number of aromatic carboxylic acids is 1. The largest absolute Gasteiger partial charge is 0.539 e. The van der Waals surface area contributed by atoms with Crippen LogP contribution in [0.5, 0.6) is 5.75 Å². The minimum atomic E-state index is -0.954. The molecule has 3 aromatic carbocycles. The highest BCUT2D eigenvalue weighted by atomic mass is 31.1. The van der Waals surface area contributed by atoms with Gasteiger partial charge in [0.15, 0.2) is 0 Å². The molecule has 0 fully saturated rings. The first-order chi connectivity index (χ1) is 18.3. The standard InChI is InChI=1S/C33H35NO3P/c1-6-10-26-22(3)31(25-16-14-24(15-17-25)11-9-18-38-5)37-32-28(19-21(2)20-29(26)32)23(4)34-30-13-8-7-12-27(30)33(35)36/h7-17,19-20,23,34H,6,18H2,1-5H3,(H,35,36)/q-1. The summed E-state index contributed by atoms with van der Waals surface area (Å²) in [5.74, 6) is 0.710. The minimum absolute atomic E-state index is 0.183. The summed E-state index contributed by atoms with van der Waals surface area (Å²) in [6.07, 6.45) is 8.57. The number of rotatable bonds is 9. The fourth-order valence-corrected chi connectivity index (χ4v) is 5.14. The Hall–Kier alpha value is -3.62. The van der Waals surface area contributed by atoms with Crippen molar-refractivity contribution < 1.29 is 14.6 Å². The molecule has 1 atom stereocenters. The lowest BCUT2D eigenvalue weighted by atomic mass is 9.88. The molecule has 0 aromatic heterocycles. The SMILES string of the molecule is CCC=C1C(C)=C(c2ccc(C=CC[P-]C)cc2)Oc2c1cc(C)cc2C(C)Nc1ccccc1C(=O)O. The number of fused-ring (bicyclic) bond motifs is 1. The average molecular weight is 525 g/mol. The van der Waals surface area contributed by atoms with E-state index in [4.69, 9.17) is 4.74 Å². The van der Waals surface area contributed by atoms with E-state index < -0.39 is 5.97 Å². The molecule has 0 saturated carbocycles. The van der Waals surface area contributed by atoms with E-state index in [0.29, 0.717) is 5.69 Å². The Morgan fingerprint density at radius 1 is 1.11 bits per heavy atom. The molecule has 0 saturated heterocycles. The van der Waals surface area contributed by atoms with Gasteiger partial charge in [0, 0.05) is 22.4 Å². The van der Waals surface area contributed by atoms with E-state index in [9.17, 15) is 9.90 Å². The number of ether oxygens (including phenoxy) is 1. The number of anilines is 1. The minimum Gasteiger partial charge on any atom is -0.539 e. The van der Waals surface area contributed by atoms with Crippen molar-refractivity contribution >= 4 is 37.6 Å². The van der Waals surface area contributed by atoms with Gasteiger partial charge in [-0.1, -0.05) is 61.5 Å². The van der Waals surface area contributed by atoms with Crippen LogP contribution in [0.4, 0.5) is 5.69 Å². The van der Waals surface area contributed by atoms with Gasteiger partial charge in [0.2, 0.25) is 0 Å². The fourth-order valence-electron chi connectivity index (χ4n) is 4.83. The van der Waals surface area contributed by atoms with Crippen molar-refractivity contribution in [3.63, 3.8) is 0 Å². The Kier molecular flexibility index (Phi) is 8.86. The molecule has 2 N–H and O–H groups in total. The van der Waals surface area contributed by atoms with Gasteiger partial charge < -0.3 is 23.7 Å². The highest BCUT2D eigenvalue weighted by Gasteiger charge is 2.28. The number of carbonyl (C=O) groups is 1. The number of hydrogen-bond donors (Lipinski definition) is 2. The lowest BCUT2D eigenvalue weighted by Crippen LogP contribution is -2.15. The van der Waals surface area contributed by atoms with Crippen molar-refractivity contribution in [2.45, 2.75) is 40.2 Å². The highest BCUT2D eigenvalue weighted by Crippen LogP contribution is 2.46. The van der Waals surface area contributed by atoms with Crippen LogP contribution < -0.4 is 10.1 Å².